The van der Waals surface area contributed by atoms with Crippen LogP contribution in [0.25, 0.3) is 0 Å². The molecule has 1 fully saturated rings. The summed E-state index contributed by atoms with van der Waals surface area (Å²) in [6.45, 7) is 4.02. The summed E-state index contributed by atoms with van der Waals surface area (Å²) in [5.74, 6) is -0.234. The number of aryl methyl sites for hydroxylation is 2. The van der Waals surface area contributed by atoms with Gasteiger partial charge in [0.05, 0.1) is 6.42 Å². The second-order valence-corrected chi connectivity index (χ2v) is 9.57. The molecule has 2 amide bonds. The minimum atomic E-state index is -0.757. The zero-order chi connectivity index (χ0) is 22.5. The smallest absolute Gasteiger partial charge is 0.248 e. The molecule has 4 rings (SSSR count). The summed E-state index contributed by atoms with van der Waals surface area (Å²) < 4.78 is 0. The van der Waals surface area contributed by atoms with Gasteiger partial charge in [-0.2, -0.15) is 0 Å². The third-order valence-electron chi connectivity index (χ3n) is 5.89. The molecule has 1 aromatic carbocycles. The molecule has 32 heavy (non-hydrogen) atoms. The minimum Gasteiger partial charge on any atom is -0.351 e. The van der Waals surface area contributed by atoms with Crippen LogP contribution in [-0.2, 0) is 16.0 Å². The standard InChI is InChI=1S/C26H29N3O2S/c1-18-14-19(2)16-22(15-18)29(24(30)17-23-8-5-13-32-23)25(20-9-11-27-12-10-20)26(31)28-21-6-3-4-7-21/h5,8-16,21,25H,3-4,6-7,17H2,1-2H3,(H,28,31). The molecule has 3 aromatic rings. The van der Waals surface area contributed by atoms with E-state index in [1.807, 2.05) is 55.6 Å². The normalized spacial score (nSPS) is 14.8. The molecule has 0 bridgehead atoms. The molecular formula is C26H29N3O2S. The summed E-state index contributed by atoms with van der Waals surface area (Å²) in [6.07, 6.45) is 7.83. The van der Waals surface area contributed by atoms with Gasteiger partial charge in [-0.05, 0) is 79.1 Å². The first-order valence-corrected chi connectivity index (χ1v) is 12.0. The molecule has 0 radical (unpaired) electrons. The number of aromatic nitrogens is 1. The number of nitrogens with zero attached hydrogens (tertiary/aromatic N) is 2. The highest BCUT2D eigenvalue weighted by Crippen LogP contribution is 2.31. The van der Waals surface area contributed by atoms with Crippen molar-refractivity contribution >= 4 is 28.8 Å². The highest BCUT2D eigenvalue weighted by molar-refractivity contribution is 7.10. The van der Waals surface area contributed by atoms with Gasteiger partial charge in [-0.1, -0.05) is 25.0 Å². The third kappa shape index (κ3) is 5.25. The van der Waals surface area contributed by atoms with E-state index in [0.717, 1.165) is 52.9 Å². The lowest BCUT2D eigenvalue weighted by Crippen LogP contribution is -2.47. The maximum absolute atomic E-state index is 13.7. The second-order valence-electron chi connectivity index (χ2n) is 8.54. The largest absolute Gasteiger partial charge is 0.351 e. The van der Waals surface area contributed by atoms with Crippen molar-refractivity contribution in [1.29, 1.82) is 0 Å². The Morgan fingerprint density at radius 1 is 1.09 bits per heavy atom. The molecule has 0 saturated heterocycles. The average Bonchev–Trinajstić information content (AvgIpc) is 3.46. The molecule has 1 atom stereocenters. The summed E-state index contributed by atoms with van der Waals surface area (Å²) >= 11 is 1.55. The van der Waals surface area contributed by atoms with Crippen LogP contribution in [-0.4, -0.2) is 22.8 Å². The fourth-order valence-electron chi connectivity index (χ4n) is 4.49. The van der Waals surface area contributed by atoms with E-state index in [0.29, 0.717) is 0 Å². The summed E-state index contributed by atoms with van der Waals surface area (Å²) in [4.78, 5) is 34.2. The van der Waals surface area contributed by atoms with Gasteiger partial charge in [-0.25, -0.2) is 0 Å². The van der Waals surface area contributed by atoms with Crippen LogP contribution >= 0.6 is 11.3 Å². The Labute approximate surface area is 193 Å². The van der Waals surface area contributed by atoms with Crippen LogP contribution < -0.4 is 10.2 Å². The number of hydrogen-bond acceptors (Lipinski definition) is 4. The van der Waals surface area contributed by atoms with Crippen LogP contribution in [0.1, 0.15) is 53.3 Å². The topological polar surface area (TPSA) is 62.3 Å². The van der Waals surface area contributed by atoms with Crippen molar-refractivity contribution in [1.82, 2.24) is 10.3 Å². The minimum absolute atomic E-state index is 0.0964. The number of benzene rings is 1. The van der Waals surface area contributed by atoms with Crippen LogP contribution in [0.3, 0.4) is 0 Å². The number of nitrogens with one attached hydrogen (secondary N) is 1. The number of thiophene rings is 1. The van der Waals surface area contributed by atoms with E-state index in [4.69, 9.17) is 0 Å². The molecule has 1 saturated carbocycles. The Bertz CT molecular complexity index is 1040. The third-order valence-corrected chi connectivity index (χ3v) is 6.77. The van der Waals surface area contributed by atoms with Gasteiger partial charge in [-0.15, -0.1) is 11.3 Å². The van der Waals surface area contributed by atoms with Crippen LogP contribution in [0.5, 0.6) is 0 Å². The Morgan fingerprint density at radius 2 is 1.78 bits per heavy atom. The molecule has 0 spiro atoms. The quantitative estimate of drug-likeness (QED) is 0.546. The first-order chi connectivity index (χ1) is 15.5. The Hall–Kier alpha value is -2.99. The second kappa shape index (κ2) is 10.1. The maximum Gasteiger partial charge on any atom is 0.248 e. The van der Waals surface area contributed by atoms with Crippen LogP contribution in [0.4, 0.5) is 5.69 Å². The molecular weight excluding hydrogens is 418 g/mol. The molecule has 6 heteroatoms. The predicted molar refractivity (Wildman–Crippen MR) is 129 cm³/mol. The van der Waals surface area contributed by atoms with Gasteiger partial charge >= 0.3 is 0 Å². The first kappa shape index (κ1) is 22.2. The number of rotatable bonds is 7. The van der Waals surface area contributed by atoms with Gasteiger partial charge in [0.1, 0.15) is 6.04 Å². The number of carbonyl (C=O) groups is 2. The highest BCUT2D eigenvalue weighted by Gasteiger charge is 2.34. The molecule has 1 aliphatic carbocycles. The van der Waals surface area contributed by atoms with Gasteiger partial charge < -0.3 is 5.32 Å². The monoisotopic (exact) mass is 447 g/mol. The van der Waals surface area contributed by atoms with Crippen molar-refractivity contribution in [2.75, 3.05) is 4.90 Å². The van der Waals surface area contributed by atoms with E-state index >= 15 is 0 Å². The van der Waals surface area contributed by atoms with Gasteiger partial charge in [0.2, 0.25) is 11.8 Å². The lowest BCUT2D eigenvalue weighted by atomic mass is 10.0. The summed E-state index contributed by atoms with van der Waals surface area (Å²) in [7, 11) is 0. The molecule has 2 aromatic heterocycles. The molecule has 166 valence electrons. The molecule has 1 unspecified atom stereocenters. The highest BCUT2D eigenvalue weighted by atomic mass is 32.1. The van der Waals surface area contributed by atoms with Gasteiger partial charge in [-0.3, -0.25) is 19.5 Å². The molecule has 1 aliphatic rings. The zero-order valence-corrected chi connectivity index (χ0v) is 19.4. The van der Waals surface area contributed by atoms with Crippen LogP contribution in [0.2, 0.25) is 0 Å². The van der Waals surface area contributed by atoms with Crippen molar-refractivity contribution in [3.05, 3.63) is 81.8 Å². The van der Waals surface area contributed by atoms with Crippen LogP contribution in [0, 0.1) is 13.8 Å². The SMILES string of the molecule is Cc1cc(C)cc(N(C(=O)Cc2cccs2)C(C(=O)NC2CCCC2)c2ccncc2)c1. The van der Waals surface area contributed by atoms with E-state index in [1.54, 1.807) is 28.6 Å². The summed E-state index contributed by atoms with van der Waals surface area (Å²) in [5.41, 5.74) is 3.61. The first-order valence-electron chi connectivity index (χ1n) is 11.1. The Kier molecular flexibility index (Phi) is 7.00. The molecule has 1 N–H and O–H groups in total. The molecule has 2 heterocycles. The predicted octanol–water partition coefficient (Wildman–Crippen LogP) is 5.14. The number of amides is 2. The zero-order valence-electron chi connectivity index (χ0n) is 18.6. The van der Waals surface area contributed by atoms with Gasteiger partial charge in [0.25, 0.3) is 0 Å². The van der Waals surface area contributed by atoms with Crippen molar-refractivity contribution < 1.29 is 9.59 Å². The number of pyridine rings is 1. The van der Waals surface area contributed by atoms with Crippen LogP contribution in [0.15, 0.2) is 60.2 Å². The fourth-order valence-corrected chi connectivity index (χ4v) is 5.18. The van der Waals surface area contributed by atoms with Crippen molar-refractivity contribution in [3.63, 3.8) is 0 Å². The van der Waals surface area contributed by atoms with E-state index in [1.165, 1.54) is 0 Å². The van der Waals surface area contributed by atoms with E-state index in [-0.39, 0.29) is 24.3 Å². The number of hydrogen-bond donors (Lipinski definition) is 1. The summed E-state index contributed by atoms with van der Waals surface area (Å²) in [5, 5.41) is 5.19. The maximum atomic E-state index is 13.7. The van der Waals surface area contributed by atoms with Crippen molar-refractivity contribution in [2.45, 2.75) is 58.0 Å². The van der Waals surface area contributed by atoms with E-state index in [2.05, 4.69) is 16.4 Å². The fraction of sp³-hybridized carbons (Fsp3) is 0.346. The molecule has 5 nitrogen and oxygen atoms in total. The van der Waals surface area contributed by atoms with Crippen molar-refractivity contribution in [2.24, 2.45) is 0 Å². The van der Waals surface area contributed by atoms with Gasteiger partial charge in [0.15, 0.2) is 0 Å². The average molecular weight is 448 g/mol. The lowest BCUT2D eigenvalue weighted by molar-refractivity contribution is -0.127. The summed E-state index contributed by atoms with van der Waals surface area (Å²) in [6, 6.07) is 13.0. The van der Waals surface area contributed by atoms with Crippen molar-refractivity contribution in [3.8, 4) is 0 Å². The van der Waals surface area contributed by atoms with Gasteiger partial charge in [0, 0.05) is 29.0 Å². The Morgan fingerprint density at radius 3 is 2.41 bits per heavy atom. The lowest BCUT2D eigenvalue weighted by Gasteiger charge is -2.32. The number of anilines is 1. The Balaban J connectivity index is 1.77. The van der Waals surface area contributed by atoms with E-state index in [9.17, 15) is 9.59 Å². The number of carbonyl (C=O) groups excluding carboxylic acids is 2. The van der Waals surface area contributed by atoms with E-state index < -0.39 is 6.04 Å². The molecule has 0 aliphatic heterocycles.